The van der Waals surface area contributed by atoms with Gasteiger partial charge in [0.05, 0.1) is 5.52 Å². The van der Waals surface area contributed by atoms with Crippen molar-refractivity contribution in [1.29, 1.82) is 0 Å². The van der Waals surface area contributed by atoms with Gasteiger partial charge in [-0.2, -0.15) is 0 Å². The van der Waals surface area contributed by atoms with E-state index in [2.05, 4.69) is 16.9 Å². The van der Waals surface area contributed by atoms with Gasteiger partial charge in [0.15, 0.2) is 5.78 Å². The number of hydrogen-bond donors (Lipinski definition) is 0. The van der Waals surface area contributed by atoms with E-state index >= 15 is 0 Å². The van der Waals surface area contributed by atoms with E-state index in [0.29, 0.717) is 17.9 Å². The average Bonchev–Trinajstić information content (AvgIpc) is 2.75. The van der Waals surface area contributed by atoms with Gasteiger partial charge in [-0.1, -0.05) is 18.2 Å². The fourth-order valence-corrected chi connectivity index (χ4v) is 4.07. The molecule has 0 spiro atoms. The number of rotatable bonds is 2. The molecule has 4 rings (SSSR count). The zero-order valence-corrected chi connectivity index (χ0v) is 12.3. The van der Waals surface area contributed by atoms with Crippen LogP contribution < -0.4 is 0 Å². The molecule has 0 N–H and O–H groups in total. The van der Waals surface area contributed by atoms with E-state index in [1.54, 1.807) is 6.20 Å². The second-order valence-electron chi connectivity index (χ2n) is 6.50. The number of nitrogens with zero attached hydrogens (tertiary/aromatic N) is 2. The molecule has 2 fully saturated rings. The number of Topliss-reactive ketones (excluding diaryl/α,β-unsaturated/α-hetero) is 1. The molecule has 3 heteroatoms. The standard InChI is InChI=1S/C18H20N2O/c1-20-15-6-7-16(20)10-13(9-15)18(21)14-8-12-4-2-3-5-17(12)19-11-14/h2-5,8,11,13,15-16H,6-7,9-10H2,1H3. The molecule has 0 radical (unpaired) electrons. The molecule has 3 nitrogen and oxygen atoms in total. The van der Waals surface area contributed by atoms with E-state index in [9.17, 15) is 4.79 Å². The molecule has 2 atom stereocenters. The number of carbonyl (C=O) groups is 1. The Bertz CT molecular complexity index is 682. The number of hydrogen-bond acceptors (Lipinski definition) is 3. The van der Waals surface area contributed by atoms with Crippen LogP contribution in [0.4, 0.5) is 0 Å². The van der Waals surface area contributed by atoms with Crippen LogP contribution in [0.2, 0.25) is 0 Å². The van der Waals surface area contributed by atoms with Gasteiger partial charge in [-0.15, -0.1) is 0 Å². The molecule has 3 heterocycles. The van der Waals surface area contributed by atoms with E-state index in [0.717, 1.165) is 29.3 Å². The van der Waals surface area contributed by atoms with Crippen LogP contribution in [0.25, 0.3) is 10.9 Å². The predicted octanol–water partition coefficient (Wildman–Crippen LogP) is 3.29. The smallest absolute Gasteiger partial charge is 0.167 e. The number of pyridine rings is 1. The molecule has 2 saturated heterocycles. The SMILES string of the molecule is CN1C2CCC1CC(C(=O)c1cnc3ccccc3c1)C2. The molecule has 0 saturated carbocycles. The summed E-state index contributed by atoms with van der Waals surface area (Å²) in [5.41, 5.74) is 1.74. The molecule has 2 bridgehead atoms. The highest BCUT2D eigenvalue weighted by molar-refractivity contribution is 6.00. The Morgan fingerprint density at radius 1 is 1.19 bits per heavy atom. The molecule has 0 aliphatic carbocycles. The number of ketones is 1. The van der Waals surface area contributed by atoms with Gasteiger partial charge in [-0.05, 0) is 44.9 Å². The Hall–Kier alpha value is -1.74. The fraction of sp³-hybridized carbons (Fsp3) is 0.444. The topological polar surface area (TPSA) is 33.2 Å². The second-order valence-corrected chi connectivity index (χ2v) is 6.50. The summed E-state index contributed by atoms with van der Waals surface area (Å²) in [5.74, 6) is 0.472. The summed E-state index contributed by atoms with van der Waals surface area (Å²) in [7, 11) is 2.21. The van der Waals surface area contributed by atoms with E-state index in [1.165, 1.54) is 12.8 Å². The maximum atomic E-state index is 12.8. The molecule has 2 aliphatic rings. The van der Waals surface area contributed by atoms with Crippen LogP contribution in [0.1, 0.15) is 36.0 Å². The average molecular weight is 280 g/mol. The Labute approximate surface area is 125 Å². The largest absolute Gasteiger partial charge is 0.300 e. The summed E-state index contributed by atoms with van der Waals surface area (Å²) < 4.78 is 0. The first-order valence-corrected chi connectivity index (χ1v) is 7.83. The van der Waals surface area contributed by atoms with E-state index in [4.69, 9.17) is 0 Å². The molecular formula is C18H20N2O. The molecule has 0 amide bonds. The summed E-state index contributed by atoms with van der Waals surface area (Å²) >= 11 is 0. The summed E-state index contributed by atoms with van der Waals surface area (Å²) in [4.78, 5) is 19.7. The van der Waals surface area contributed by atoms with Crippen molar-refractivity contribution in [3.63, 3.8) is 0 Å². The first kappa shape index (κ1) is 13.0. The third-order valence-electron chi connectivity index (χ3n) is 5.34. The summed E-state index contributed by atoms with van der Waals surface area (Å²) in [6.07, 6.45) is 6.28. The lowest BCUT2D eigenvalue weighted by molar-refractivity contribution is 0.0767. The van der Waals surface area contributed by atoms with Crippen LogP contribution in [0.5, 0.6) is 0 Å². The van der Waals surface area contributed by atoms with E-state index in [-0.39, 0.29) is 5.92 Å². The maximum absolute atomic E-state index is 12.8. The number of piperidine rings is 1. The third-order valence-corrected chi connectivity index (χ3v) is 5.34. The number of para-hydroxylation sites is 1. The monoisotopic (exact) mass is 280 g/mol. The van der Waals surface area contributed by atoms with Gasteiger partial charge >= 0.3 is 0 Å². The first-order valence-electron chi connectivity index (χ1n) is 7.83. The molecule has 2 aliphatic heterocycles. The molecule has 2 unspecified atom stereocenters. The minimum absolute atomic E-state index is 0.182. The second kappa shape index (κ2) is 4.92. The van der Waals surface area contributed by atoms with E-state index in [1.807, 2.05) is 30.3 Å². The quantitative estimate of drug-likeness (QED) is 0.791. The molecule has 1 aromatic carbocycles. The van der Waals surface area contributed by atoms with Crippen molar-refractivity contribution >= 4 is 16.7 Å². The van der Waals surface area contributed by atoms with Crippen LogP contribution in [-0.4, -0.2) is 34.8 Å². The lowest BCUT2D eigenvalue weighted by atomic mass is 9.85. The lowest BCUT2D eigenvalue weighted by Crippen LogP contribution is -2.42. The van der Waals surface area contributed by atoms with Gasteiger partial charge in [0.1, 0.15) is 0 Å². The van der Waals surface area contributed by atoms with Crippen molar-refractivity contribution in [3.8, 4) is 0 Å². The summed E-state index contributed by atoms with van der Waals surface area (Å²) in [5, 5.41) is 1.05. The molecule has 2 aromatic rings. The highest BCUT2D eigenvalue weighted by Gasteiger charge is 2.40. The van der Waals surface area contributed by atoms with Crippen LogP contribution in [0.3, 0.4) is 0 Å². The van der Waals surface area contributed by atoms with Gasteiger partial charge in [0.2, 0.25) is 0 Å². The maximum Gasteiger partial charge on any atom is 0.167 e. The lowest BCUT2D eigenvalue weighted by Gasteiger charge is -2.35. The number of fused-ring (bicyclic) bond motifs is 3. The first-order chi connectivity index (χ1) is 10.2. The van der Waals surface area contributed by atoms with Crippen molar-refractivity contribution in [2.24, 2.45) is 5.92 Å². The van der Waals surface area contributed by atoms with Gasteiger partial charge in [0, 0.05) is 35.1 Å². The zero-order valence-electron chi connectivity index (χ0n) is 12.3. The Balaban J connectivity index is 1.61. The number of aromatic nitrogens is 1. The van der Waals surface area contributed by atoms with E-state index < -0.39 is 0 Å². The number of carbonyl (C=O) groups excluding carboxylic acids is 1. The summed E-state index contributed by atoms with van der Waals surface area (Å²) in [6.45, 7) is 0. The highest BCUT2D eigenvalue weighted by atomic mass is 16.1. The Morgan fingerprint density at radius 2 is 1.90 bits per heavy atom. The number of benzene rings is 1. The van der Waals surface area contributed by atoms with Crippen molar-refractivity contribution in [1.82, 2.24) is 9.88 Å². The van der Waals surface area contributed by atoms with Gasteiger partial charge in [-0.25, -0.2) is 0 Å². The molecule has 21 heavy (non-hydrogen) atoms. The van der Waals surface area contributed by atoms with Crippen LogP contribution in [-0.2, 0) is 0 Å². The van der Waals surface area contributed by atoms with Crippen LogP contribution in [0, 0.1) is 5.92 Å². The van der Waals surface area contributed by atoms with Gasteiger partial charge < -0.3 is 4.90 Å². The fourth-order valence-electron chi connectivity index (χ4n) is 4.07. The van der Waals surface area contributed by atoms with Crippen molar-refractivity contribution < 1.29 is 4.79 Å². The van der Waals surface area contributed by atoms with Crippen molar-refractivity contribution in [2.75, 3.05) is 7.05 Å². The molecular weight excluding hydrogens is 260 g/mol. The molecule has 108 valence electrons. The Kier molecular flexibility index (Phi) is 3.03. The van der Waals surface area contributed by atoms with Crippen molar-refractivity contribution in [2.45, 2.75) is 37.8 Å². The molecule has 1 aromatic heterocycles. The third kappa shape index (κ3) is 2.16. The summed E-state index contributed by atoms with van der Waals surface area (Å²) in [6, 6.07) is 11.2. The van der Waals surface area contributed by atoms with Gasteiger partial charge in [0.25, 0.3) is 0 Å². The highest BCUT2D eigenvalue weighted by Crippen LogP contribution is 2.38. The minimum atomic E-state index is 0.182. The normalized spacial score (nSPS) is 28.9. The zero-order chi connectivity index (χ0) is 14.4. The van der Waals surface area contributed by atoms with Gasteiger partial charge in [-0.3, -0.25) is 9.78 Å². The van der Waals surface area contributed by atoms with Crippen molar-refractivity contribution in [3.05, 3.63) is 42.1 Å². The Morgan fingerprint density at radius 3 is 2.67 bits per heavy atom. The van der Waals surface area contributed by atoms with Crippen LogP contribution >= 0.6 is 0 Å². The van der Waals surface area contributed by atoms with Crippen LogP contribution in [0.15, 0.2) is 36.5 Å². The minimum Gasteiger partial charge on any atom is -0.300 e. The predicted molar refractivity (Wildman–Crippen MR) is 83.4 cm³/mol.